The van der Waals surface area contributed by atoms with E-state index in [1.807, 2.05) is 18.2 Å². The number of alkyl halides is 1. The van der Waals surface area contributed by atoms with Crippen molar-refractivity contribution < 1.29 is 9.47 Å². The van der Waals surface area contributed by atoms with E-state index >= 15 is 0 Å². The van der Waals surface area contributed by atoms with E-state index < -0.39 is 0 Å². The molecule has 1 fully saturated rings. The first-order chi connectivity index (χ1) is 7.76. The normalized spacial score (nSPS) is 24.7. The van der Waals surface area contributed by atoms with Crippen LogP contribution in [0.4, 0.5) is 0 Å². The molecule has 88 valence electrons. The predicted octanol–water partition coefficient (Wildman–Crippen LogP) is 3.77. The molecule has 16 heavy (non-hydrogen) atoms. The van der Waals surface area contributed by atoms with Gasteiger partial charge >= 0.3 is 0 Å². The number of halogens is 2. The highest BCUT2D eigenvalue weighted by atomic mass is 79.9. The van der Waals surface area contributed by atoms with Gasteiger partial charge in [-0.15, -0.1) is 11.6 Å². The summed E-state index contributed by atoms with van der Waals surface area (Å²) in [6.45, 7) is 0.783. The maximum Gasteiger partial charge on any atom is 0.119 e. The van der Waals surface area contributed by atoms with Crippen LogP contribution >= 0.6 is 27.5 Å². The Morgan fingerprint density at radius 1 is 1.56 bits per heavy atom. The fourth-order valence-electron chi connectivity index (χ4n) is 2.00. The van der Waals surface area contributed by atoms with Crippen molar-refractivity contribution >= 4 is 27.5 Å². The van der Waals surface area contributed by atoms with Gasteiger partial charge in [0.2, 0.25) is 0 Å². The van der Waals surface area contributed by atoms with E-state index in [9.17, 15) is 0 Å². The first kappa shape index (κ1) is 12.2. The SMILES string of the molecule is COc1ccc(Br)c(C2OCCC2CCl)c1. The second kappa shape index (κ2) is 5.39. The highest BCUT2D eigenvalue weighted by molar-refractivity contribution is 9.10. The fraction of sp³-hybridized carbons (Fsp3) is 0.500. The van der Waals surface area contributed by atoms with Crippen molar-refractivity contribution in [3.63, 3.8) is 0 Å². The predicted molar refractivity (Wildman–Crippen MR) is 68.2 cm³/mol. The number of benzene rings is 1. The Kier molecular flexibility index (Phi) is 4.11. The summed E-state index contributed by atoms with van der Waals surface area (Å²) in [5, 5.41) is 0. The lowest BCUT2D eigenvalue weighted by molar-refractivity contribution is 0.0944. The van der Waals surface area contributed by atoms with Crippen molar-refractivity contribution in [2.24, 2.45) is 5.92 Å². The van der Waals surface area contributed by atoms with Crippen LogP contribution in [0.2, 0.25) is 0 Å². The number of rotatable bonds is 3. The molecule has 0 aromatic heterocycles. The van der Waals surface area contributed by atoms with Gasteiger partial charge in [0.15, 0.2) is 0 Å². The van der Waals surface area contributed by atoms with Crippen LogP contribution in [0.25, 0.3) is 0 Å². The van der Waals surface area contributed by atoms with Crippen LogP contribution in [0.15, 0.2) is 22.7 Å². The van der Waals surface area contributed by atoms with E-state index in [1.54, 1.807) is 7.11 Å². The van der Waals surface area contributed by atoms with Crippen molar-refractivity contribution in [2.75, 3.05) is 19.6 Å². The lowest BCUT2D eigenvalue weighted by Gasteiger charge is -2.18. The van der Waals surface area contributed by atoms with Gasteiger partial charge in [-0.05, 0) is 30.2 Å². The van der Waals surface area contributed by atoms with Gasteiger partial charge in [0.05, 0.1) is 13.2 Å². The van der Waals surface area contributed by atoms with Crippen molar-refractivity contribution in [2.45, 2.75) is 12.5 Å². The van der Waals surface area contributed by atoms with Crippen LogP contribution < -0.4 is 4.74 Å². The molecule has 1 aliphatic rings. The van der Waals surface area contributed by atoms with Crippen LogP contribution in [0.3, 0.4) is 0 Å². The molecule has 2 rings (SSSR count). The minimum absolute atomic E-state index is 0.0852. The maximum atomic E-state index is 5.95. The second-order valence-corrected chi connectivity index (χ2v) is 5.04. The van der Waals surface area contributed by atoms with E-state index in [0.717, 1.165) is 28.8 Å². The summed E-state index contributed by atoms with van der Waals surface area (Å²) in [5.41, 5.74) is 1.13. The monoisotopic (exact) mass is 304 g/mol. The van der Waals surface area contributed by atoms with Crippen molar-refractivity contribution in [1.82, 2.24) is 0 Å². The van der Waals surface area contributed by atoms with Gasteiger partial charge in [-0.25, -0.2) is 0 Å². The number of hydrogen-bond donors (Lipinski definition) is 0. The molecule has 0 aliphatic carbocycles. The molecule has 2 nitrogen and oxygen atoms in total. The van der Waals surface area contributed by atoms with Gasteiger partial charge in [-0.3, -0.25) is 0 Å². The standard InChI is InChI=1S/C12H14BrClO2/c1-15-9-2-3-11(13)10(6-9)12-8(7-14)4-5-16-12/h2-3,6,8,12H,4-5,7H2,1H3. The summed E-state index contributed by atoms with van der Waals surface area (Å²) in [6, 6.07) is 5.93. The molecule has 0 saturated carbocycles. The molecule has 2 atom stereocenters. The summed E-state index contributed by atoms with van der Waals surface area (Å²) >= 11 is 9.50. The molecule has 0 spiro atoms. The Morgan fingerprint density at radius 2 is 2.38 bits per heavy atom. The summed E-state index contributed by atoms with van der Waals surface area (Å²) in [4.78, 5) is 0. The number of methoxy groups -OCH3 is 1. The average Bonchev–Trinajstić information content (AvgIpc) is 2.77. The number of hydrogen-bond acceptors (Lipinski definition) is 2. The molecule has 0 radical (unpaired) electrons. The third-order valence-corrected chi connectivity index (χ3v) is 4.04. The quantitative estimate of drug-likeness (QED) is 0.791. The van der Waals surface area contributed by atoms with Gasteiger partial charge < -0.3 is 9.47 Å². The largest absolute Gasteiger partial charge is 0.497 e. The summed E-state index contributed by atoms with van der Waals surface area (Å²) in [6.07, 6.45) is 1.11. The Balaban J connectivity index is 2.31. The van der Waals surface area contributed by atoms with Crippen molar-refractivity contribution in [3.05, 3.63) is 28.2 Å². The lowest BCUT2D eigenvalue weighted by atomic mass is 9.97. The molecular formula is C12H14BrClO2. The zero-order chi connectivity index (χ0) is 11.5. The molecule has 0 bridgehead atoms. The van der Waals surface area contributed by atoms with Gasteiger partial charge in [-0.2, -0.15) is 0 Å². The molecule has 0 N–H and O–H groups in total. The van der Waals surface area contributed by atoms with E-state index in [-0.39, 0.29) is 6.10 Å². The minimum atomic E-state index is 0.0852. The Morgan fingerprint density at radius 3 is 3.06 bits per heavy atom. The third kappa shape index (κ3) is 2.36. The molecule has 4 heteroatoms. The summed E-state index contributed by atoms with van der Waals surface area (Å²) in [7, 11) is 1.67. The van der Waals surface area contributed by atoms with E-state index in [2.05, 4.69) is 15.9 Å². The van der Waals surface area contributed by atoms with Gasteiger partial charge in [-0.1, -0.05) is 15.9 Å². The molecule has 1 aromatic rings. The van der Waals surface area contributed by atoms with E-state index in [4.69, 9.17) is 21.1 Å². The highest BCUT2D eigenvalue weighted by Gasteiger charge is 2.30. The average molecular weight is 306 g/mol. The summed E-state index contributed by atoms with van der Waals surface area (Å²) in [5.74, 6) is 1.88. The molecule has 1 aromatic carbocycles. The molecule has 1 saturated heterocycles. The second-order valence-electron chi connectivity index (χ2n) is 3.88. The van der Waals surface area contributed by atoms with Crippen LogP contribution in [-0.2, 0) is 4.74 Å². The van der Waals surface area contributed by atoms with Crippen molar-refractivity contribution in [3.8, 4) is 5.75 Å². The Labute approximate surface area is 109 Å². The zero-order valence-electron chi connectivity index (χ0n) is 9.08. The van der Waals surface area contributed by atoms with Crippen LogP contribution in [0, 0.1) is 5.92 Å². The Bertz CT molecular complexity index is 370. The number of ether oxygens (including phenoxy) is 2. The molecule has 1 aliphatic heterocycles. The van der Waals surface area contributed by atoms with Gasteiger partial charge in [0.25, 0.3) is 0 Å². The Hall–Kier alpha value is -0.250. The maximum absolute atomic E-state index is 5.95. The molecular weight excluding hydrogens is 291 g/mol. The molecule has 2 unspecified atom stereocenters. The molecule has 0 amide bonds. The first-order valence-electron chi connectivity index (χ1n) is 5.27. The van der Waals surface area contributed by atoms with Crippen LogP contribution in [-0.4, -0.2) is 19.6 Å². The fourth-order valence-corrected chi connectivity index (χ4v) is 2.79. The first-order valence-corrected chi connectivity index (χ1v) is 6.60. The van der Waals surface area contributed by atoms with E-state index in [0.29, 0.717) is 11.8 Å². The van der Waals surface area contributed by atoms with Crippen LogP contribution in [0.1, 0.15) is 18.1 Å². The summed E-state index contributed by atoms with van der Waals surface area (Å²) < 4.78 is 12.0. The third-order valence-electron chi connectivity index (χ3n) is 2.92. The van der Waals surface area contributed by atoms with Crippen LogP contribution in [0.5, 0.6) is 5.75 Å². The smallest absolute Gasteiger partial charge is 0.119 e. The van der Waals surface area contributed by atoms with Gasteiger partial charge in [0, 0.05) is 22.9 Å². The minimum Gasteiger partial charge on any atom is -0.497 e. The van der Waals surface area contributed by atoms with Crippen molar-refractivity contribution in [1.29, 1.82) is 0 Å². The molecule has 1 heterocycles. The highest BCUT2D eigenvalue weighted by Crippen LogP contribution is 2.39. The van der Waals surface area contributed by atoms with Gasteiger partial charge in [0.1, 0.15) is 5.75 Å². The topological polar surface area (TPSA) is 18.5 Å². The zero-order valence-corrected chi connectivity index (χ0v) is 11.4. The lowest BCUT2D eigenvalue weighted by Crippen LogP contribution is -2.09. The van der Waals surface area contributed by atoms with E-state index in [1.165, 1.54) is 0 Å².